The Morgan fingerprint density at radius 1 is 1.60 bits per heavy atom. The van der Waals surface area contributed by atoms with Crippen LogP contribution in [0.25, 0.3) is 0 Å². The fraction of sp³-hybridized carbons (Fsp3) is 0.909. The molecule has 1 rings (SSSR count). The zero-order valence-electron chi connectivity index (χ0n) is 9.99. The number of hydrogen-bond donors (Lipinski definition) is 2. The number of hydrogen-bond acceptors (Lipinski definition) is 3. The minimum atomic E-state index is -0.0417. The van der Waals surface area contributed by atoms with E-state index in [2.05, 4.69) is 31.0 Å². The average molecular weight is 213 g/mol. The molecule has 0 radical (unpaired) electrons. The van der Waals surface area contributed by atoms with Crippen LogP contribution < -0.4 is 11.1 Å². The molecule has 0 aromatic heterocycles. The van der Waals surface area contributed by atoms with Crippen molar-refractivity contribution in [1.82, 2.24) is 10.2 Å². The minimum absolute atomic E-state index is 0.0417. The molecule has 0 aromatic carbocycles. The lowest BCUT2D eigenvalue weighted by Crippen LogP contribution is -2.48. The fourth-order valence-electron chi connectivity index (χ4n) is 2.12. The molecular weight excluding hydrogens is 190 g/mol. The van der Waals surface area contributed by atoms with Crippen LogP contribution in [-0.2, 0) is 4.79 Å². The molecule has 0 bridgehead atoms. The summed E-state index contributed by atoms with van der Waals surface area (Å²) in [5, 5.41) is 2.98. The molecule has 3 N–H and O–H groups in total. The lowest BCUT2D eigenvalue weighted by atomic mass is 10.1. The highest BCUT2D eigenvalue weighted by atomic mass is 16.2. The molecule has 2 unspecified atom stereocenters. The zero-order chi connectivity index (χ0) is 11.4. The Balaban J connectivity index is 2.78. The molecule has 1 aliphatic rings. The SMILES string of the molecule is CC1CNC(=O)C(CCN)N(C(C)C)C1. The normalized spacial score (nSPS) is 29.0. The second-order valence-electron chi connectivity index (χ2n) is 4.73. The lowest BCUT2D eigenvalue weighted by molar-refractivity contribution is -0.126. The van der Waals surface area contributed by atoms with Crippen LogP contribution in [0.3, 0.4) is 0 Å². The van der Waals surface area contributed by atoms with Crippen LogP contribution in [0.2, 0.25) is 0 Å². The fourth-order valence-corrected chi connectivity index (χ4v) is 2.12. The van der Waals surface area contributed by atoms with Gasteiger partial charge in [0.25, 0.3) is 0 Å². The molecule has 2 atom stereocenters. The van der Waals surface area contributed by atoms with Gasteiger partial charge in [-0.05, 0) is 32.7 Å². The summed E-state index contributed by atoms with van der Waals surface area (Å²) in [7, 11) is 0. The van der Waals surface area contributed by atoms with E-state index in [0.717, 1.165) is 19.5 Å². The van der Waals surface area contributed by atoms with Crippen LogP contribution in [-0.4, -0.2) is 42.5 Å². The second-order valence-corrected chi connectivity index (χ2v) is 4.73. The highest BCUT2D eigenvalue weighted by molar-refractivity contribution is 5.82. The second kappa shape index (κ2) is 5.47. The average Bonchev–Trinajstić information content (AvgIpc) is 2.31. The predicted octanol–water partition coefficient (Wildman–Crippen LogP) is 0.180. The quantitative estimate of drug-likeness (QED) is 0.703. The summed E-state index contributed by atoms with van der Waals surface area (Å²) in [6, 6.07) is 0.354. The number of nitrogens with zero attached hydrogens (tertiary/aromatic N) is 1. The molecule has 4 nitrogen and oxygen atoms in total. The van der Waals surface area contributed by atoms with Gasteiger partial charge in [-0.1, -0.05) is 6.92 Å². The first-order chi connectivity index (χ1) is 7.06. The summed E-state index contributed by atoms with van der Waals surface area (Å²) >= 11 is 0. The van der Waals surface area contributed by atoms with E-state index in [9.17, 15) is 4.79 Å². The first kappa shape index (κ1) is 12.5. The van der Waals surface area contributed by atoms with Crippen LogP contribution in [0.15, 0.2) is 0 Å². The van der Waals surface area contributed by atoms with Gasteiger partial charge in [0.15, 0.2) is 0 Å². The molecule has 1 amide bonds. The molecule has 88 valence electrons. The number of carbonyl (C=O) groups is 1. The van der Waals surface area contributed by atoms with Crippen molar-refractivity contribution in [3.63, 3.8) is 0 Å². The summed E-state index contributed by atoms with van der Waals surface area (Å²) in [6.07, 6.45) is 0.747. The maximum absolute atomic E-state index is 11.9. The highest BCUT2D eigenvalue weighted by Crippen LogP contribution is 2.15. The molecule has 1 fully saturated rings. The Morgan fingerprint density at radius 3 is 2.80 bits per heavy atom. The topological polar surface area (TPSA) is 58.4 Å². The van der Waals surface area contributed by atoms with Crippen LogP contribution in [0.1, 0.15) is 27.2 Å². The third-order valence-corrected chi connectivity index (χ3v) is 2.95. The van der Waals surface area contributed by atoms with E-state index < -0.39 is 0 Å². The third kappa shape index (κ3) is 3.18. The van der Waals surface area contributed by atoms with Crippen LogP contribution in [0.5, 0.6) is 0 Å². The van der Waals surface area contributed by atoms with Gasteiger partial charge in [-0.15, -0.1) is 0 Å². The van der Waals surface area contributed by atoms with Gasteiger partial charge < -0.3 is 11.1 Å². The van der Waals surface area contributed by atoms with Crippen LogP contribution >= 0.6 is 0 Å². The van der Waals surface area contributed by atoms with Gasteiger partial charge in [-0.2, -0.15) is 0 Å². The zero-order valence-corrected chi connectivity index (χ0v) is 9.99. The van der Waals surface area contributed by atoms with Crippen molar-refractivity contribution >= 4 is 5.91 Å². The molecule has 0 aliphatic carbocycles. The number of nitrogens with one attached hydrogen (secondary N) is 1. The van der Waals surface area contributed by atoms with E-state index in [-0.39, 0.29) is 11.9 Å². The molecule has 1 heterocycles. The molecule has 0 aromatic rings. The summed E-state index contributed by atoms with van der Waals surface area (Å²) < 4.78 is 0. The molecule has 0 saturated carbocycles. The van der Waals surface area contributed by atoms with Crippen molar-refractivity contribution in [2.24, 2.45) is 11.7 Å². The highest BCUT2D eigenvalue weighted by Gasteiger charge is 2.31. The van der Waals surface area contributed by atoms with E-state index in [4.69, 9.17) is 5.73 Å². The Hall–Kier alpha value is -0.610. The molecule has 1 saturated heterocycles. The summed E-state index contributed by atoms with van der Waals surface area (Å²) in [5.74, 6) is 0.651. The van der Waals surface area contributed by atoms with Crippen molar-refractivity contribution in [3.8, 4) is 0 Å². The Bertz CT molecular complexity index is 218. The van der Waals surface area contributed by atoms with Crippen LogP contribution in [0, 0.1) is 5.92 Å². The van der Waals surface area contributed by atoms with Gasteiger partial charge in [-0.3, -0.25) is 9.69 Å². The van der Waals surface area contributed by atoms with Crippen LogP contribution in [0.4, 0.5) is 0 Å². The van der Waals surface area contributed by atoms with Crippen molar-refractivity contribution in [2.75, 3.05) is 19.6 Å². The smallest absolute Gasteiger partial charge is 0.237 e. The standard InChI is InChI=1S/C11H23N3O/c1-8(2)14-7-9(3)6-13-11(15)10(14)4-5-12/h8-10H,4-7,12H2,1-3H3,(H,13,15). The maximum Gasteiger partial charge on any atom is 0.237 e. The first-order valence-corrected chi connectivity index (χ1v) is 5.79. The number of carbonyl (C=O) groups excluding carboxylic acids is 1. The predicted molar refractivity (Wildman–Crippen MR) is 61.5 cm³/mol. The van der Waals surface area contributed by atoms with E-state index in [1.807, 2.05) is 0 Å². The first-order valence-electron chi connectivity index (χ1n) is 5.79. The number of nitrogens with two attached hydrogens (primary N) is 1. The summed E-state index contributed by atoms with van der Waals surface area (Å²) in [4.78, 5) is 14.1. The molecule has 1 aliphatic heterocycles. The van der Waals surface area contributed by atoms with Gasteiger partial charge in [0, 0.05) is 19.1 Å². The van der Waals surface area contributed by atoms with Gasteiger partial charge in [0.1, 0.15) is 0 Å². The Morgan fingerprint density at radius 2 is 2.27 bits per heavy atom. The summed E-state index contributed by atoms with van der Waals surface area (Å²) in [6.45, 7) is 8.75. The molecular formula is C11H23N3O. The van der Waals surface area contributed by atoms with E-state index in [0.29, 0.717) is 18.5 Å². The minimum Gasteiger partial charge on any atom is -0.354 e. The molecule has 4 heteroatoms. The Labute approximate surface area is 92.2 Å². The van der Waals surface area contributed by atoms with E-state index >= 15 is 0 Å². The van der Waals surface area contributed by atoms with Gasteiger partial charge in [0.2, 0.25) is 5.91 Å². The van der Waals surface area contributed by atoms with Gasteiger partial charge in [0.05, 0.1) is 6.04 Å². The van der Waals surface area contributed by atoms with E-state index in [1.165, 1.54) is 0 Å². The van der Waals surface area contributed by atoms with Gasteiger partial charge in [-0.25, -0.2) is 0 Å². The number of amides is 1. The summed E-state index contributed by atoms with van der Waals surface area (Å²) in [5.41, 5.74) is 5.56. The third-order valence-electron chi connectivity index (χ3n) is 2.95. The van der Waals surface area contributed by atoms with E-state index in [1.54, 1.807) is 0 Å². The van der Waals surface area contributed by atoms with Crippen molar-refractivity contribution in [2.45, 2.75) is 39.3 Å². The van der Waals surface area contributed by atoms with Crippen molar-refractivity contribution < 1.29 is 4.79 Å². The maximum atomic E-state index is 11.9. The monoisotopic (exact) mass is 213 g/mol. The number of rotatable bonds is 3. The Kier molecular flexibility index (Phi) is 4.54. The largest absolute Gasteiger partial charge is 0.354 e. The van der Waals surface area contributed by atoms with Crippen molar-refractivity contribution in [3.05, 3.63) is 0 Å². The molecule has 0 spiro atoms. The van der Waals surface area contributed by atoms with Crippen molar-refractivity contribution in [1.29, 1.82) is 0 Å². The van der Waals surface area contributed by atoms with Gasteiger partial charge >= 0.3 is 0 Å². The lowest BCUT2D eigenvalue weighted by Gasteiger charge is -2.32. The molecule has 15 heavy (non-hydrogen) atoms.